The van der Waals surface area contributed by atoms with Crippen molar-refractivity contribution in [1.82, 2.24) is 14.9 Å². The molecule has 0 fully saturated rings. The fourth-order valence-corrected chi connectivity index (χ4v) is 4.35. The molecular formula is C12H30FN3Si. The Morgan fingerprint density at radius 3 is 1.18 bits per heavy atom. The number of nitrogens with one attached hydrogen (secondary N) is 3. The molecule has 0 aromatic carbocycles. The van der Waals surface area contributed by atoms with Gasteiger partial charge >= 0.3 is 8.89 Å². The molecule has 0 rings (SSSR count). The van der Waals surface area contributed by atoms with E-state index in [0.29, 0.717) is 0 Å². The van der Waals surface area contributed by atoms with E-state index < -0.39 is 8.89 Å². The molecule has 3 atom stereocenters. The Kier molecular flexibility index (Phi) is 8.20. The van der Waals surface area contributed by atoms with Crippen molar-refractivity contribution in [1.29, 1.82) is 0 Å². The maximum atomic E-state index is 14.9. The molecule has 0 heterocycles. The second-order valence-electron chi connectivity index (χ2n) is 5.02. The van der Waals surface area contributed by atoms with Crippen LogP contribution in [-0.2, 0) is 0 Å². The summed E-state index contributed by atoms with van der Waals surface area (Å²) in [5, 5.41) is 0. The lowest BCUT2D eigenvalue weighted by molar-refractivity contribution is 0.473. The Morgan fingerprint density at radius 1 is 0.765 bits per heavy atom. The molecule has 104 valence electrons. The van der Waals surface area contributed by atoms with Gasteiger partial charge in [-0.25, -0.2) is 0 Å². The summed E-state index contributed by atoms with van der Waals surface area (Å²) in [4.78, 5) is 9.37. The van der Waals surface area contributed by atoms with Gasteiger partial charge in [-0.1, -0.05) is 41.5 Å². The second-order valence-corrected chi connectivity index (χ2v) is 7.20. The number of halogens is 1. The van der Waals surface area contributed by atoms with E-state index in [-0.39, 0.29) is 18.1 Å². The largest absolute Gasteiger partial charge is 0.481 e. The summed E-state index contributed by atoms with van der Waals surface area (Å²) in [5.41, 5.74) is 0. The van der Waals surface area contributed by atoms with Gasteiger partial charge in [0.05, 0.1) is 0 Å². The van der Waals surface area contributed by atoms with Crippen molar-refractivity contribution < 1.29 is 4.11 Å². The minimum absolute atomic E-state index is 0.194. The van der Waals surface area contributed by atoms with Crippen molar-refractivity contribution in [2.75, 3.05) is 0 Å². The first kappa shape index (κ1) is 17.0. The van der Waals surface area contributed by atoms with Gasteiger partial charge in [-0.15, -0.1) is 0 Å². The van der Waals surface area contributed by atoms with Crippen LogP contribution in [0.1, 0.15) is 60.8 Å². The first-order chi connectivity index (χ1) is 7.86. The van der Waals surface area contributed by atoms with Crippen molar-refractivity contribution in [2.45, 2.75) is 78.9 Å². The molecule has 0 aliphatic rings. The van der Waals surface area contributed by atoms with Crippen molar-refractivity contribution in [3.8, 4) is 0 Å². The molecule has 0 bridgehead atoms. The zero-order valence-corrected chi connectivity index (χ0v) is 13.2. The van der Waals surface area contributed by atoms with Crippen LogP contribution in [0.5, 0.6) is 0 Å². The molecule has 17 heavy (non-hydrogen) atoms. The SMILES string of the molecule is CCC(C)N[Si](F)(NC(C)CC)NC(C)CC. The maximum absolute atomic E-state index is 14.9. The van der Waals surface area contributed by atoms with Gasteiger partial charge in [-0.05, 0) is 19.3 Å². The minimum atomic E-state index is -3.25. The van der Waals surface area contributed by atoms with Crippen LogP contribution in [0.25, 0.3) is 0 Å². The Labute approximate surface area is 107 Å². The Morgan fingerprint density at radius 2 is 1.00 bits per heavy atom. The van der Waals surface area contributed by atoms with E-state index >= 15 is 0 Å². The number of hydrogen-bond donors (Lipinski definition) is 3. The molecule has 0 aliphatic carbocycles. The first-order valence-corrected chi connectivity index (χ1v) is 8.76. The normalized spacial score (nSPS) is 20.6. The summed E-state index contributed by atoms with van der Waals surface area (Å²) in [7, 11) is -3.25. The van der Waals surface area contributed by atoms with Gasteiger partial charge < -0.3 is 0 Å². The second kappa shape index (κ2) is 8.19. The Bertz CT molecular complexity index is 173. The molecule has 5 heteroatoms. The van der Waals surface area contributed by atoms with E-state index in [1.54, 1.807) is 0 Å². The van der Waals surface area contributed by atoms with Gasteiger partial charge in [0.15, 0.2) is 0 Å². The van der Waals surface area contributed by atoms with E-state index in [0.717, 1.165) is 19.3 Å². The summed E-state index contributed by atoms with van der Waals surface area (Å²) in [6.45, 7) is 12.3. The fraction of sp³-hybridized carbons (Fsp3) is 1.00. The van der Waals surface area contributed by atoms with Crippen LogP contribution in [0.15, 0.2) is 0 Å². The summed E-state index contributed by atoms with van der Waals surface area (Å²) in [5.74, 6) is 0. The molecule has 0 aliphatic heterocycles. The quantitative estimate of drug-likeness (QED) is 0.442. The lowest BCUT2D eigenvalue weighted by Crippen LogP contribution is -2.74. The third-order valence-electron chi connectivity index (χ3n) is 3.17. The molecule has 0 saturated carbocycles. The van der Waals surface area contributed by atoms with E-state index in [4.69, 9.17) is 0 Å². The molecule has 0 radical (unpaired) electrons. The van der Waals surface area contributed by atoms with E-state index in [9.17, 15) is 4.11 Å². The van der Waals surface area contributed by atoms with Crippen LogP contribution in [-0.4, -0.2) is 27.0 Å². The average Bonchev–Trinajstić information content (AvgIpc) is 2.27. The monoisotopic (exact) mass is 263 g/mol. The van der Waals surface area contributed by atoms with Crippen molar-refractivity contribution in [3.63, 3.8) is 0 Å². The van der Waals surface area contributed by atoms with Crippen LogP contribution in [0.2, 0.25) is 0 Å². The smallest absolute Gasteiger partial charge is 0.285 e. The Hall–Kier alpha value is 0.0269. The van der Waals surface area contributed by atoms with Crippen molar-refractivity contribution >= 4 is 8.89 Å². The van der Waals surface area contributed by atoms with Crippen LogP contribution in [0.3, 0.4) is 0 Å². The van der Waals surface area contributed by atoms with E-state index in [1.165, 1.54) is 0 Å². The molecule has 0 aromatic heterocycles. The highest BCUT2D eigenvalue weighted by molar-refractivity contribution is 6.65. The molecule has 3 unspecified atom stereocenters. The molecule has 3 nitrogen and oxygen atoms in total. The average molecular weight is 263 g/mol. The molecule has 3 N–H and O–H groups in total. The number of rotatable bonds is 9. The van der Waals surface area contributed by atoms with Crippen molar-refractivity contribution in [3.05, 3.63) is 0 Å². The molecule has 0 saturated heterocycles. The lowest BCUT2D eigenvalue weighted by atomic mass is 10.3. The van der Waals surface area contributed by atoms with Gasteiger partial charge in [-0.2, -0.15) is 0 Å². The topological polar surface area (TPSA) is 36.1 Å². The highest BCUT2D eigenvalue weighted by Gasteiger charge is 2.38. The van der Waals surface area contributed by atoms with Gasteiger partial charge in [-0.3, -0.25) is 19.1 Å². The lowest BCUT2D eigenvalue weighted by Gasteiger charge is -2.32. The van der Waals surface area contributed by atoms with Crippen LogP contribution >= 0.6 is 0 Å². The third kappa shape index (κ3) is 7.13. The number of hydrogen-bond acceptors (Lipinski definition) is 3. The fourth-order valence-electron chi connectivity index (χ4n) is 1.45. The van der Waals surface area contributed by atoms with Gasteiger partial charge in [0, 0.05) is 18.1 Å². The molecule has 0 amide bonds. The van der Waals surface area contributed by atoms with Gasteiger partial charge in [0.1, 0.15) is 0 Å². The zero-order chi connectivity index (χ0) is 13.5. The van der Waals surface area contributed by atoms with Gasteiger partial charge in [0.25, 0.3) is 0 Å². The maximum Gasteiger partial charge on any atom is 0.481 e. The highest BCUT2D eigenvalue weighted by atomic mass is 28.4. The highest BCUT2D eigenvalue weighted by Crippen LogP contribution is 2.03. The van der Waals surface area contributed by atoms with Gasteiger partial charge in [0.2, 0.25) is 0 Å². The third-order valence-corrected chi connectivity index (χ3v) is 5.84. The predicted molar refractivity (Wildman–Crippen MR) is 75.5 cm³/mol. The summed E-state index contributed by atoms with van der Waals surface area (Å²) in [6.07, 6.45) is 2.80. The first-order valence-electron chi connectivity index (χ1n) is 6.88. The van der Waals surface area contributed by atoms with Crippen LogP contribution in [0.4, 0.5) is 4.11 Å². The Balaban J connectivity index is 4.55. The van der Waals surface area contributed by atoms with E-state index in [2.05, 4.69) is 35.7 Å². The van der Waals surface area contributed by atoms with Crippen LogP contribution < -0.4 is 14.9 Å². The molecular weight excluding hydrogens is 233 g/mol. The minimum Gasteiger partial charge on any atom is -0.285 e. The van der Waals surface area contributed by atoms with Crippen molar-refractivity contribution in [2.24, 2.45) is 0 Å². The van der Waals surface area contributed by atoms with Crippen LogP contribution in [0, 0.1) is 0 Å². The summed E-state index contributed by atoms with van der Waals surface area (Å²) in [6, 6.07) is 0.583. The summed E-state index contributed by atoms with van der Waals surface area (Å²) >= 11 is 0. The standard InChI is InChI=1S/C12H30FN3Si/c1-7-10(4)14-17(13,15-11(5)8-2)16-12(6)9-3/h10-12,14-16H,7-9H2,1-6H3. The molecule has 0 aromatic rings. The summed E-state index contributed by atoms with van der Waals surface area (Å²) < 4.78 is 14.9. The molecule has 0 spiro atoms. The zero-order valence-electron chi connectivity index (χ0n) is 12.2. The predicted octanol–water partition coefficient (Wildman–Crippen LogP) is 2.56. The van der Waals surface area contributed by atoms with E-state index in [1.807, 2.05) is 20.8 Å².